The molecular formula is C16H31IN6O. The fraction of sp³-hybridized carbons (Fsp3) is 0.812. The summed E-state index contributed by atoms with van der Waals surface area (Å²) in [5.74, 6) is 1.86. The molecular weight excluding hydrogens is 419 g/mol. The predicted molar refractivity (Wildman–Crippen MR) is 108 cm³/mol. The molecule has 2 rings (SSSR count). The number of fused-ring (bicyclic) bond motifs is 1. The van der Waals surface area contributed by atoms with E-state index in [1.54, 1.807) is 11.7 Å². The lowest BCUT2D eigenvalue weighted by molar-refractivity contribution is 0.459. The minimum absolute atomic E-state index is 0. The molecule has 1 aliphatic heterocycles. The van der Waals surface area contributed by atoms with Gasteiger partial charge >= 0.3 is 5.69 Å². The molecule has 0 aliphatic carbocycles. The van der Waals surface area contributed by atoms with E-state index in [-0.39, 0.29) is 29.7 Å². The van der Waals surface area contributed by atoms with E-state index < -0.39 is 0 Å². The quantitative estimate of drug-likeness (QED) is 0.297. The highest BCUT2D eigenvalue weighted by molar-refractivity contribution is 14.0. The molecule has 24 heavy (non-hydrogen) atoms. The Labute approximate surface area is 161 Å². The van der Waals surface area contributed by atoms with Crippen LogP contribution in [0.2, 0.25) is 0 Å². The summed E-state index contributed by atoms with van der Waals surface area (Å²) in [5.41, 5.74) is 0.0455. The van der Waals surface area contributed by atoms with Gasteiger partial charge in [0, 0.05) is 46.7 Å². The summed E-state index contributed by atoms with van der Waals surface area (Å²) in [6, 6.07) is 0. The molecule has 1 aromatic rings. The first-order chi connectivity index (χ1) is 11.2. The van der Waals surface area contributed by atoms with Gasteiger partial charge < -0.3 is 10.2 Å². The molecule has 0 saturated carbocycles. The standard InChI is InChI=1S/C16H30N6O.HI/c1-4-5-11-20(3)15(17-2)18-10-8-13-22-16(23)21-12-7-6-9-14(21)19-22;/h4-13H2,1-3H3,(H,17,18);1H. The smallest absolute Gasteiger partial charge is 0.345 e. The molecule has 0 aromatic carbocycles. The Bertz CT molecular complexity index is 580. The van der Waals surface area contributed by atoms with Gasteiger partial charge in [0.05, 0.1) is 0 Å². The topological polar surface area (TPSA) is 67.5 Å². The molecule has 138 valence electrons. The molecule has 1 aliphatic rings. The Morgan fingerprint density at radius 1 is 1.38 bits per heavy atom. The molecule has 0 saturated heterocycles. The van der Waals surface area contributed by atoms with Crippen LogP contribution >= 0.6 is 24.0 Å². The van der Waals surface area contributed by atoms with E-state index in [2.05, 4.69) is 34.3 Å². The summed E-state index contributed by atoms with van der Waals surface area (Å²) in [6.07, 6.45) is 6.34. The van der Waals surface area contributed by atoms with Gasteiger partial charge in [0.15, 0.2) is 5.96 Å². The normalized spacial score (nSPS) is 14.0. The molecule has 8 heteroatoms. The SMILES string of the molecule is CCCCN(C)C(=NC)NCCCn1nc2n(c1=O)CCCC2.I. The Morgan fingerprint density at radius 2 is 2.17 bits per heavy atom. The third kappa shape index (κ3) is 5.49. The van der Waals surface area contributed by atoms with Gasteiger partial charge in [-0.25, -0.2) is 9.48 Å². The largest absolute Gasteiger partial charge is 0.356 e. The number of rotatable bonds is 7. The molecule has 1 aromatic heterocycles. The number of aryl methyl sites for hydroxylation is 2. The minimum atomic E-state index is 0. The van der Waals surface area contributed by atoms with Crippen LogP contribution in [0.1, 0.15) is 44.9 Å². The molecule has 7 nitrogen and oxygen atoms in total. The van der Waals surface area contributed by atoms with Crippen molar-refractivity contribution in [2.24, 2.45) is 4.99 Å². The summed E-state index contributed by atoms with van der Waals surface area (Å²) < 4.78 is 3.44. The van der Waals surface area contributed by atoms with E-state index >= 15 is 0 Å². The molecule has 0 radical (unpaired) electrons. The first-order valence-electron chi connectivity index (χ1n) is 8.75. The average Bonchev–Trinajstić information content (AvgIpc) is 2.89. The predicted octanol–water partition coefficient (Wildman–Crippen LogP) is 1.70. The van der Waals surface area contributed by atoms with E-state index in [0.717, 1.165) is 63.5 Å². The summed E-state index contributed by atoms with van der Waals surface area (Å²) in [7, 11) is 3.86. The van der Waals surface area contributed by atoms with Gasteiger partial charge in [-0.2, -0.15) is 5.10 Å². The molecule has 2 heterocycles. The second-order valence-corrected chi connectivity index (χ2v) is 6.13. The van der Waals surface area contributed by atoms with E-state index in [1.165, 1.54) is 6.42 Å². The van der Waals surface area contributed by atoms with Crippen LogP contribution in [0, 0.1) is 0 Å². The summed E-state index contributed by atoms with van der Waals surface area (Å²) in [4.78, 5) is 18.7. The van der Waals surface area contributed by atoms with Crippen molar-refractivity contribution in [2.75, 3.05) is 27.2 Å². The van der Waals surface area contributed by atoms with Crippen LogP contribution < -0.4 is 11.0 Å². The van der Waals surface area contributed by atoms with Crippen molar-refractivity contribution >= 4 is 29.9 Å². The zero-order valence-electron chi connectivity index (χ0n) is 15.1. The molecule has 0 bridgehead atoms. The van der Waals surface area contributed by atoms with Gasteiger partial charge in [0.25, 0.3) is 0 Å². The maximum atomic E-state index is 12.2. The van der Waals surface area contributed by atoms with Gasteiger partial charge in [-0.05, 0) is 25.7 Å². The number of halogens is 1. The van der Waals surface area contributed by atoms with Crippen molar-refractivity contribution < 1.29 is 0 Å². The van der Waals surface area contributed by atoms with Gasteiger partial charge in [-0.1, -0.05) is 13.3 Å². The first-order valence-corrected chi connectivity index (χ1v) is 8.75. The monoisotopic (exact) mass is 450 g/mol. The van der Waals surface area contributed by atoms with Crippen LogP contribution in [0.4, 0.5) is 0 Å². The van der Waals surface area contributed by atoms with Crippen molar-refractivity contribution in [1.82, 2.24) is 24.6 Å². The zero-order chi connectivity index (χ0) is 16.7. The van der Waals surface area contributed by atoms with E-state index in [0.29, 0.717) is 6.54 Å². The van der Waals surface area contributed by atoms with E-state index in [9.17, 15) is 4.79 Å². The van der Waals surface area contributed by atoms with Crippen LogP contribution in [0.3, 0.4) is 0 Å². The van der Waals surface area contributed by atoms with Crippen LogP contribution in [-0.2, 0) is 19.5 Å². The Kier molecular flexibility index (Phi) is 9.38. The fourth-order valence-electron chi connectivity index (χ4n) is 2.91. The van der Waals surface area contributed by atoms with Crippen LogP contribution in [0.5, 0.6) is 0 Å². The lowest BCUT2D eigenvalue weighted by atomic mass is 10.2. The number of aromatic nitrogens is 3. The van der Waals surface area contributed by atoms with Crippen molar-refractivity contribution in [1.29, 1.82) is 0 Å². The molecule has 1 N–H and O–H groups in total. The van der Waals surface area contributed by atoms with Gasteiger partial charge in [-0.3, -0.25) is 9.56 Å². The number of aliphatic imine (C=N–C) groups is 1. The second-order valence-electron chi connectivity index (χ2n) is 6.13. The number of guanidine groups is 1. The molecule has 0 unspecified atom stereocenters. The maximum absolute atomic E-state index is 12.2. The molecule has 0 amide bonds. The van der Waals surface area contributed by atoms with Gasteiger partial charge in [-0.15, -0.1) is 24.0 Å². The molecule has 0 fully saturated rings. The van der Waals surface area contributed by atoms with Crippen LogP contribution in [0.25, 0.3) is 0 Å². The lowest BCUT2D eigenvalue weighted by Crippen LogP contribution is -2.40. The number of hydrogen-bond donors (Lipinski definition) is 1. The van der Waals surface area contributed by atoms with Crippen LogP contribution in [-0.4, -0.2) is 52.4 Å². The zero-order valence-corrected chi connectivity index (χ0v) is 17.5. The first kappa shape index (κ1) is 21.0. The number of unbranched alkanes of at least 4 members (excludes halogenated alkanes) is 1. The van der Waals surface area contributed by atoms with Crippen molar-refractivity contribution in [3.63, 3.8) is 0 Å². The Hall–Kier alpha value is -1.06. The molecule has 0 spiro atoms. The van der Waals surface area contributed by atoms with Crippen molar-refractivity contribution in [2.45, 2.75) is 58.5 Å². The van der Waals surface area contributed by atoms with Gasteiger partial charge in [0.2, 0.25) is 0 Å². The molecule has 0 atom stereocenters. The summed E-state index contributed by atoms with van der Waals surface area (Å²) in [5, 5.41) is 7.82. The van der Waals surface area contributed by atoms with Gasteiger partial charge in [0.1, 0.15) is 5.82 Å². The van der Waals surface area contributed by atoms with E-state index in [4.69, 9.17) is 0 Å². The maximum Gasteiger partial charge on any atom is 0.345 e. The Morgan fingerprint density at radius 3 is 2.83 bits per heavy atom. The number of nitrogens with zero attached hydrogens (tertiary/aromatic N) is 5. The average molecular weight is 450 g/mol. The number of hydrogen-bond acceptors (Lipinski definition) is 3. The lowest BCUT2D eigenvalue weighted by Gasteiger charge is -2.21. The Balaban J connectivity index is 0.00000288. The highest BCUT2D eigenvalue weighted by Crippen LogP contribution is 2.09. The van der Waals surface area contributed by atoms with E-state index in [1.807, 2.05) is 4.57 Å². The second kappa shape index (κ2) is 10.7. The van der Waals surface area contributed by atoms with Crippen molar-refractivity contribution in [3.05, 3.63) is 16.3 Å². The van der Waals surface area contributed by atoms with Crippen molar-refractivity contribution in [3.8, 4) is 0 Å². The third-order valence-corrected chi connectivity index (χ3v) is 4.28. The highest BCUT2D eigenvalue weighted by Gasteiger charge is 2.16. The number of nitrogens with one attached hydrogen (secondary N) is 1. The summed E-state index contributed by atoms with van der Waals surface area (Å²) in [6.45, 7) is 5.45. The fourth-order valence-corrected chi connectivity index (χ4v) is 2.91. The van der Waals surface area contributed by atoms with Crippen LogP contribution in [0.15, 0.2) is 9.79 Å². The summed E-state index contributed by atoms with van der Waals surface area (Å²) >= 11 is 0. The minimum Gasteiger partial charge on any atom is -0.356 e. The highest BCUT2D eigenvalue weighted by atomic mass is 127. The third-order valence-electron chi connectivity index (χ3n) is 4.28.